The number of likely N-dealkylation sites (tertiary alicyclic amines) is 1. The molecule has 1 N–H and O–H groups in total. The highest BCUT2D eigenvalue weighted by molar-refractivity contribution is 5.93. The average Bonchev–Trinajstić information content (AvgIpc) is 3.27. The molecule has 2 aliphatic heterocycles. The third-order valence-corrected chi connectivity index (χ3v) is 4.92. The number of phenols is 1. The molecule has 1 aromatic carbocycles. The van der Waals surface area contributed by atoms with Crippen molar-refractivity contribution in [3.05, 3.63) is 41.7 Å². The Kier molecular flexibility index (Phi) is 5.41. The molecule has 1 aromatic rings. The first-order valence-corrected chi connectivity index (χ1v) is 8.79. The second kappa shape index (κ2) is 7.71. The van der Waals surface area contributed by atoms with Gasteiger partial charge in [-0.15, -0.1) is 0 Å². The number of hydrogen-bond acceptors (Lipinski definition) is 4. The SMILES string of the molecule is CCN1CCCC1CN(Cc1ccc(O)cc1)C(=O)C1=COCC1. The fourth-order valence-corrected chi connectivity index (χ4v) is 3.56. The lowest BCUT2D eigenvalue weighted by molar-refractivity contribution is -0.128. The highest BCUT2D eigenvalue weighted by Crippen LogP contribution is 2.22. The summed E-state index contributed by atoms with van der Waals surface area (Å²) in [4.78, 5) is 17.3. The Hall–Kier alpha value is -2.01. The molecule has 1 saturated heterocycles. The van der Waals surface area contributed by atoms with Crippen molar-refractivity contribution in [1.82, 2.24) is 9.80 Å². The Morgan fingerprint density at radius 1 is 1.38 bits per heavy atom. The minimum Gasteiger partial charge on any atom is -0.508 e. The summed E-state index contributed by atoms with van der Waals surface area (Å²) in [5.41, 5.74) is 1.79. The molecule has 0 saturated carbocycles. The number of rotatable bonds is 6. The summed E-state index contributed by atoms with van der Waals surface area (Å²) >= 11 is 0. The molecule has 1 atom stereocenters. The maximum Gasteiger partial charge on any atom is 0.253 e. The van der Waals surface area contributed by atoms with Crippen molar-refractivity contribution in [2.75, 3.05) is 26.2 Å². The number of carbonyl (C=O) groups excluding carboxylic acids is 1. The monoisotopic (exact) mass is 330 g/mol. The zero-order valence-corrected chi connectivity index (χ0v) is 14.3. The van der Waals surface area contributed by atoms with Crippen LogP contribution in [0, 0.1) is 0 Å². The van der Waals surface area contributed by atoms with Crippen LogP contribution in [0.4, 0.5) is 0 Å². The van der Waals surface area contributed by atoms with E-state index in [1.165, 1.54) is 6.42 Å². The summed E-state index contributed by atoms with van der Waals surface area (Å²) < 4.78 is 5.25. The van der Waals surface area contributed by atoms with Crippen molar-refractivity contribution in [2.24, 2.45) is 0 Å². The van der Waals surface area contributed by atoms with Crippen LogP contribution in [0.15, 0.2) is 36.1 Å². The van der Waals surface area contributed by atoms with Gasteiger partial charge in [0.1, 0.15) is 5.75 Å². The quantitative estimate of drug-likeness (QED) is 0.871. The van der Waals surface area contributed by atoms with Crippen LogP contribution in [0.3, 0.4) is 0 Å². The summed E-state index contributed by atoms with van der Waals surface area (Å²) in [5, 5.41) is 9.46. The lowest BCUT2D eigenvalue weighted by Gasteiger charge is -2.30. The number of carbonyl (C=O) groups is 1. The van der Waals surface area contributed by atoms with Gasteiger partial charge >= 0.3 is 0 Å². The average molecular weight is 330 g/mol. The second-order valence-electron chi connectivity index (χ2n) is 6.54. The minimum atomic E-state index is 0.0727. The number of ether oxygens (including phenoxy) is 1. The fraction of sp³-hybridized carbons (Fsp3) is 0.526. The Bertz CT molecular complexity index is 597. The van der Waals surface area contributed by atoms with Gasteiger partial charge in [0, 0.05) is 25.6 Å². The van der Waals surface area contributed by atoms with Crippen LogP contribution >= 0.6 is 0 Å². The zero-order chi connectivity index (χ0) is 16.9. The molecule has 0 aromatic heterocycles. The first-order chi connectivity index (χ1) is 11.7. The van der Waals surface area contributed by atoms with Crippen LogP contribution in [0.2, 0.25) is 0 Å². The van der Waals surface area contributed by atoms with Gasteiger partial charge in [0.15, 0.2) is 0 Å². The third-order valence-electron chi connectivity index (χ3n) is 4.92. The Balaban J connectivity index is 1.74. The van der Waals surface area contributed by atoms with Crippen molar-refractivity contribution < 1.29 is 14.6 Å². The summed E-state index contributed by atoms with van der Waals surface area (Å²) in [5.74, 6) is 0.319. The number of hydrogen-bond donors (Lipinski definition) is 1. The molecule has 1 unspecified atom stereocenters. The summed E-state index contributed by atoms with van der Waals surface area (Å²) in [7, 11) is 0. The Morgan fingerprint density at radius 3 is 2.83 bits per heavy atom. The van der Waals surface area contributed by atoms with Gasteiger partial charge in [-0.05, 0) is 43.6 Å². The van der Waals surface area contributed by atoms with Crippen LogP contribution in [0.1, 0.15) is 31.7 Å². The molecule has 2 heterocycles. The minimum absolute atomic E-state index is 0.0727. The lowest BCUT2D eigenvalue weighted by atomic mass is 10.1. The predicted octanol–water partition coefficient (Wildman–Crippen LogP) is 2.51. The largest absolute Gasteiger partial charge is 0.508 e. The van der Waals surface area contributed by atoms with Gasteiger partial charge in [0.05, 0.1) is 18.4 Å². The van der Waals surface area contributed by atoms with Crippen molar-refractivity contribution in [1.29, 1.82) is 0 Å². The zero-order valence-electron chi connectivity index (χ0n) is 14.3. The fourth-order valence-electron chi connectivity index (χ4n) is 3.56. The molecule has 0 spiro atoms. The number of benzene rings is 1. The van der Waals surface area contributed by atoms with E-state index in [2.05, 4.69) is 11.8 Å². The molecule has 5 heteroatoms. The maximum atomic E-state index is 12.9. The maximum absolute atomic E-state index is 12.9. The third kappa shape index (κ3) is 3.90. The number of amides is 1. The van der Waals surface area contributed by atoms with E-state index >= 15 is 0 Å². The van der Waals surface area contributed by atoms with Crippen molar-refractivity contribution in [3.63, 3.8) is 0 Å². The van der Waals surface area contributed by atoms with E-state index in [1.54, 1.807) is 18.4 Å². The number of phenolic OH excluding ortho intramolecular Hbond substituents is 1. The molecule has 1 fully saturated rings. The van der Waals surface area contributed by atoms with Crippen molar-refractivity contribution in [2.45, 2.75) is 38.8 Å². The van der Waals surface area contributed by atoms with E-state index in [-0.39, 0.29) is 11.7 Å². The normalized spacial score (nSPS) is 20.7. The highest BCUT2D eigenvalue weighted by atomic mass is 16.5. The molecule has 2 aliphatic rings. The molecule has 0 aliphatic carbocycles. The standard InChI is InChI=1S/C19H26N2O3/c1-2-20-10-3-4-17(20)13-21(19(23)16-9-11-24-14-16)12-15-5-7-18(22)8-6-15/h5-8,14,17,22H,2-4,9-13H2,1H3. The van der Waals surface area contributed by atoms with Gasteiger partial charge in [0.2, 0.25) is 0 Å². The molecule has 0 radical (unpaired) electrons. The van der Waals surface area contributed by atoms with E-state index in [0.29, 0.717) is 25.6 Å². The topological polar surface area (TPSA) is 53.0 Å². The van der Waals surface area contributed by atoms with Gasteiger partial charge in [-0.1, -0.05) is 19.1 Å². The summed E-state index contributed by atoms with van der Waals surface area (Å²) in [6, 6.07) is 7.52. The molecule has 3 rings (SSSR count). The molecule has 0 bridgehead atoms. The first-order valence-electron chi connectivity index (χ1n) is 8.79. The van der Waals surface area contributed by atoms with Crippen molar-refractivity contribution >= 4 is 5.91 Å². The van der Waals surface area contributed by atoms with Gasteiger partial charge in [-0.3, -0.25) is 9.69 Å². The lowest BCUT2D eigenvalue weighted by Crippen LogP contribution is -2.43. The van der Waals surface area contributed by atoms with Crippen LogP contribution in [-0.4, -0.2) is 53.1 Å². The van der Waals surface area contributed by atoms with E-state index in [1.807, 2.05) is 17.0 Å². The summed E-state index contributed by atoms with van der Waals surface area (Å²) in [6.45, 7) is 6.22. The van der Waals surface area contributed by atoms with Crippen LogP contribution in [-0.2, 0) is 16.1 Å². The van der Waals surface area contributed by atoms with E-state index < -0.39 is 0 Å². The molecule has 24 heavy (non-hydrogen) atoms. The smallest absolute Gasteiger partial charge is 0.253 e. The molecule has 130 valence electrons. The molecular formula is C19H26N2O3. The Morgan fingerprint density at radius 2 is 2.17 bits per heavy atom. The Labute approximate surface area is 143 Å². The summed E-state index contributed by atoms with van der Waals surface area (Å²) in [6.07, 6.45) is 4.64. The number of nitrogens with zero attached hydrogens (tertiary/aromatic N) is 2. The van der Waals surface area contributed by atoms with Gasteiger partial charge in [0.25, 0.3) is 5.91 Å². The van der Waals surface area contributed by atoms with Gasteiger partial charge in [-0.25, -0.2) is 0 Å². The molecule has 1 amide bonds. The van der Waals surface area contributed by atoms with E-state index in [0.717, 1.165) is 37.2 Å². The van der Waals surface area contributed by atoms with Crippen LogP contribution in [0.5, 0.6) is 5.75 Å². The van der Waals surface area contributed by atoms with Crippen molar-refractivity contribution in [3.8, 4) is 5.75 Å². The van der Waals surface area contributed by atoms with E-state index in [9.17, 15) is 9.90 Å². The van der Waals surface area contributed by atoms with Gasteiger partial charge in [-0.2, -0.15) is 0 Å². The predicted molar refractivity (Wildman–Crippen MR) is 92.4 cm³/mol. The highest BCUT2D eigenvalue weighted by Gasteiger charge is 2.29. The van der Waals surface area contributed by atoms with Crippen LogP contribution < -0.4 is 0 Å². The van der Waals surface area contributed by atoms with Crippen LogP contribution in [0.25, 0.3) is 0 Å². The van der Waals surface area contributed by atoms with Gasteiger partial charge < -0.3 is 14.7 Å². The number of likely N-dealkylation sites (N-methyl/N-ethyl adjacent to an activating group) is 1. The number of aromatic hydroxyl groups is 1. The van der Waals surface area contributed by atoms with E-state index in [4.69, 9.17) is 4.74 Å². The molecular weight excluding hydrogens is 304 g/mol. The second-order valence-corrected chi connectivity index (χ2v) is 6.54. The molecule has 5 nitrogen and oxygen atoms in total. The first kappa shape index (κ1) is 16.8.